The van der Waals surface area contributed by atoms with E-state index in [0.29, 0.717) is 30.8 Å². The maximum atomic E-state index is 12.4. The summed E-state index contributed by atoms with van der Waals surface area (Å²) in [5.41, 5.74) is 0.568. The van der Waals surface area contributed by atoms with Gasteiger partial charge in [-0.15, -0.1) is 0 Å². The number of nitro benzene ring substituents is 1. The van der Waals surface area contributed by atoms with E-state index in [0.717, 1.165) is 32.5 Å². The number of non-ortho nitro benzene ring substituents is 1. The minimum absolute atomic E-state index is 0.106. The maximum absolute atomic E-state index is 12.4. The van der Waals surface area contributed by atoms with Gasteiger partial charge in [0.1, 0.15) is 0 Å². The molecule has 146 valence electrons. The van der Waals surface area contributed by atoms with Gasteiger partial charge in [-0.05, 0) is 44.8 Å². The SMILES string of the molecule is CNCC1CCN(C(=O)CCCn2c(=O)oc3cc([N+](=O)[O-])ccc32)CC1. The van der Waals surface area contributed by atoms with E-state index in [1.54, 1.807) is 0 Å². The number of amides is 1. The number of benzene rings is 1. The zero-order valence-corrected chi connectivity index (χ0v) is 15.3. The number of nitrogens with one attached hydrogen (secondary N) is 1. The van der Waals surface area contributed by atoms with Gasteiger partial charge in [0, 0.05) is 32.1 Å². The summed E-state index contributed by atoms with van der Waals surface area (Å²) in [6.07, 6.45) is 2.90. The number of likely N-dealkylation sites (tertiary alicyclic amines) is 1. The average molecular weight is 376 g/mol. The lowest BCUT2D eigenvalue weighted by atomic mass is 9.96. The first kappa shape index (κ1) is 19.1. The molecule has 9 nitrogen and oxygen atoms in total. The van der Waals surface area contributed by atoms with Crippen LogP contribution in [0.4, 0.5) is 5.69 Å². The summed E-state index contributed by atoms with van der Waals surface area (Å²) in [4.78, 5) is 36.6. The summed E-state index contributed by atoms with van der Waals surface area (Å²) in [7, 11) is 1.94. The number of hydrogen-bond donors (Lipinski definition) is 1. The van der Waals surface area contributed by atoms with Gasteiger partial charge in [0.25, 0.3) is 5.69 Å². The van der Waals surface area contributed by atoms with Crippen molar-refractivity contribution in [2.24, 2.45) is 5.92 Å². The van der Waals surface area contributed by atoms with Crippen LogP contribution in [0.5, 0.6) is 0 Å². The first-order valence-corrected chi connectivity index (χ1v) is 9.19. The maximum Gasteiger partial charge on any atom is 0.419 e. The van der Waals surface area contributed by atoms with Gasteiger partial charge in [0.15, 0.2) is 5.58 Å². The van der Waals surface area contributed by atoms with Gasteiger partial charge in [-0.25, -0.2) is 4.79 Å². The molecule has 0 unspecified atom stereocenters. The lowest BCUT2D eigenvalue weighted by Crippen LogP contribution is -2.40. The Balaban J connectivity index is 1.56. The molecule has 9 heteroatoms. The largest absolute Gasteiger partial charge is 0.419 e. The zero-order valence-electron chi connectivity index (χ0n) is 15.3. The molecule has 1 saturated heterocycles. The molecule has 0 atom stereocenters. The van der Waals surface area contributed by atoms with Crippen LogP contribution in [0.15, 0.2) is 27.4 Å². The molecule has 3 rings (SSSR count). The van der Waals surface area contributed by atoms with Gasteiger partial charge in [-0.1, -0.05) is 0 Å². The fourth-order valence-electron chi connectivity index (χ4n) is 3.60. The molecule has 1 N–H and O–H groups in total. The summed E-state index contributed by atoms with van der Waals surface area (Å²) in [6, 6.07) is 4.09. The Morgan fingerprint density at radius 2 is 2.11 bits per heavy atom. The van der Waals surface area contributed by atoms with Crippen molar-refractivity contribution in [2.75, 3.05) is 26.7 Å². The number of piperidine rings is 1. The van der Waals surface area contributed by atoms with Crippen molar-refractivity contribution in [2.45, 2.75) is 32.2 Å². The van der Waals surface area contributed by atoms with Crippen molar-refractivity contribution >= 4 is 22.7 Å². The van der Waals surface area contributed by atoms with Crippen LogP contribution in [0.2, 0.25) is 0 Å². The lowest BCUT2D eigenvalue weighted by Gasteiger charge is -2.32. The van der Waals surface area contributed by atoms with E-state index in [2.05, 4.69) is 5.32 Å². The standard InChI is InChI=1S/C18H24N4O5/c1-19-12-13-6-9-20(10-7-13)17(23)3-2-8-21-15-5-4-14(22(25)26)11-16(15)27-18(21)24/h4-5,11,13,19H,2-3,6-10,12H2,1H3. The first-order valence-electron chi connectivity index (χ1n) is 9.19. The zero-order chi connectivity index (χ0) is 19.4. The van der Waals surface area contributed by atoms with Gasteiger partial charge in [-0.3, -0.25) is 19.5 Å². The van der Waals surface area contributed by atoms with Crippen molar-refractivity contribution in [3.8, 4) is 0 Å². The van der Waals surface area contributed by atoms with Gasteiger partial charge >= 0.3 is 5.76 Å². The Morgan fingerprint density at radius 3 is 2.78 bits per heavy atom. The van der Waals surface area contributed by atoms with Crippen molar-refractivity contribution in [3.05, 3.63) is 38.9 Å². The Kier molecular flexibility index (Phi) is 5.90. The van der Waals surface area contributed by atoms with Crippen LogP contribution in [0.1, 0.15) is 25.7 Å². The van der Waals surface area contributed by atoms with Gasteiger partial charge in [0.2, 0.25) is 5.91 Å². The van der Waals surface area contributed by atoms with Crippen LogP contribution < -0.4 is 11.1 Å². The summed E-state index contributed by atoms with van der Waals surface area (Å²) in [6.45, 7) is 2.88. The fraction of sp³-hybridized carbons (Fsp3) is 0.556. The number of nitro groups is 1. The number of rotatable bonds is 7. The summed E-state index contributed by atoms with van der Waals surface area (Å²) < 4.78 is 6.52. The fourth-order valence-corrected chi connectivity index (χ4v) is 3.60. The molecule has 0 radical (unpaired) electrons. The third kappa shape index (κ3) is 4.36. The van der Waals surface area contributed by atoms with Crippen LogP contribution in [0.25, 0.3) is 11.1 Å². The summed E-state index contributed by atoms with van der Waals surface area (Å²) in [5.74, 6) is 0.166. The third-order valence-corrected chi connectivity index (χ3v) is 5.10. The third-order valence-electron chi connectivity index (χ3n) is 5.10. The Morgan fingerprint density at radius 1 is 1.37 bits per heavy atom. The molecule has 1 amide bonds. The molecule has 0 aliphatic carbocycles. The van der Waals surface area contributed by atoms with E-state index >= 15 is 0 Å². The van der Waals surface area contributed by atoms with Crippen molar-refractivity contribution < 1.29 is 14.1 Å². The molecule has 1 aliphatic rings. The van der Waals surface area contributed by atoms with E-state index in [4.69, 9.17) is 4.42 Å². The van der Waals surface area contributed by atoms with E-state index in [1.807, 2.05) is 11.9 Å². The van der Waals surface area contributed by atoms with Gasteiger partial charge in [-0.2, -0.15) is 0 Å². The van der Waals surface area contributed by atoms with Crippen LogP contribution >= 0.6 is 0 Å². The molecule has 1 fully saturated rings. The number of carbonyl (C=O) groups is 1. The van der Waals surface area contributed by atoms with Crippen molar-refractivity contribution in [1.29, 1.82) is 0 Å². The number of aryl methyl sites for hydroxylation is 1. The Labute approximate surface area is 156 Å². The molecular formula is C18H24N4O5. The Hall–Kier alpha value is -2.68. The molecule has 0 saturated carbocycles. The summed E-state index contributed by atoms with van der Waals surface area (Å²) >= 11 is 0. The normalized spacial score (nSPS) is 15.4. The number of carbonyl (C=O) groups excluding carboxylic acids is 1. The molecular weight excluding hydrogens is 352 g/mol. The molecule has 2 aromatic rings. The molecule has 1 aromatic heterocycles. The number of aromatic nitrogens is 1. The number of fused-ring (bicyclic) bond motifs is 1. The monoisotopic (exact) mass is 376 g/mol. The predicted octanol–water partition coefficient (Wildman–Crippen LogP) is 1.74. The summed E-state index contributed by atoms with van der Waals surface area (Å²) in [5, 5.41) is 14.0. The highest BCUT2D eigenvalue weighted by Gasteiger charge is 2.22. The Bertz CT molecular complexity index is 879. The van der Waals surface area contributed by atoms with E-state index < -0.39 is 10.7 Å². The number of hydrogen-bond acceptors (Lipinski definition) is 6. The molecule has 2 heterocycles. The van der Waals surface area contributed by atoms with E-state index in [1.165, 1.54) is 22.8 Å². The highest BCUT2D eigenvalue weighted by Crippen LogP contribution is 2.21. The van der Waals surface area contributed by atoms with Crippen LogP contribution in [-0.4, -0.2) is 47.0 Å². The van der Waals surface area contributed by atoms with Gasteiger partial charge in [0.05, 0.1) is 16.5 Å². The lowest BCUT2D eigenvalue weighted by molar-refractivity contribution is -0.384. The highest BCUT2D eigenvalue weighted by molar-refractivity contribution is 5.77. The minimum Gasteiger partial charge on any atom is -0.407 e. The highest BCUT2D eigenvalue weighted by atomic mass is 16.6. The topological polar surface area (TPSA) is 111 Å². The number of oxazole rings is 1. The second-order valence-electron chi connectivity index (χ2n) is 6.91. The van der Waals surface area contributed by atoms with Crippen molar-refractivity contribution in [1.82, 2.24) is 14.8 Å². The molecule has 0 bridgehead atoms. The minimum atomic E-state index is -0.564. The number of nitrogens with zero attached hydrogens (tertiary/aromatic N) is 3. The van der Waals surface area contributed by atoms with Crippen LogP contribution in [0.3, 0.4) is 0 Å². The smallest absolute Gasteiger partial charge is 0.407 e. The first-order chi connectivity index (χ1) is 13.0. The molecule has 1 aromatic carbocycles. The molecule has 27 heavy (non-hydrogen) atoms. The van der Waals surface area contributed by atoms with Crippen LogP contribution in [-0.2, 0) is 11.3 Å². The van der Waals surface area contributed by atoms with Gasteiger partial charge < -0.3 is 14.6 Å². The van der Waals surface area contributed by atoms with E-state index in [9.17, 15) is 19.7 Å². The molecule has 0 spiro atoms. The van der Waals surface area contributed by atoms with Crippen molar-refractivity contribution in [3.63, 3.8) is 0 Å². The quantitative estimate of drug-likeness (QED) is 0.582. The second-order valence-corrected chi connectivity index (χ2v) is 6.91. The molecule has 1 aliphatic heterocycles. The second kappa shape index (κ2) is 8.34. The average Bonchev–Trinajstić information content (AvgIpc) is 2.97. The van der Waals surface area contributed by atoms with Crippen LogP contribution in [0, 0.1) is 16.0 Å². The van der Waals surface area contributed by atoms with E-state index in [-0.39, 0.29) is 17.2 Å². The predicted molar refractivity (Wildman–Crippen MR) is 99.6 cm³/mol.